The Morgan fingerprint density at radius 1 is 0.966 bits per heavy atom. The lowest BCUT2D eigenvalue weighted by Gasteiger charge is -2.30. The smallest absolute Gasteiger partial charge is 0.243 e. The highest BCUT2D eigenvalue weighted by atomic mass is 32.2. The molecule has 2 aliphatic carbocycles. The SMILES string of the molecule is CN(C1CCCCC1)S(=O)(=O)c1ccc(NC(=S)NC(=O)C2CCCCC2)cc1. The second-order valence-electron chi connectivity index (χ2n) is 8.12. The molecular weight excluding hydrogens is 406 g/mol. The van der Waals surface area contributed by atoms with Crippen molar-refractivity contribution in [3.05, 3.63) is 24.3 Å². The predicted molar refractivity (Wildman–Crippen MR) is 119 cm³/mol. The number of sulfonamides is 1. The molecule has 6 nitrogen and oxygen atoms in total. The fourth-order valence-corrected chi connectivity index (χ4v) is 5.89. The summed E-state index contributed by atoms with van der Waals surface area (Å²) in [7, 11) is -1.84. The molecule has 2 fully saturated rings. The molecule has 0 atom stereocenters. The standard InChI is InChI=1S/C21H31N3O3S2/c1-24(18-10-6-3-7-11-18)29(26,27)19-14-12-17(13-15-19)22-21(28)23-20(25)16-8-4-2-5-9-16/h12-16,18H,2-11H2,1H3,(H2,22,23,25,28). The Balaban J connectivity index is 1.57. The number of anilines is 1. The third-order valence-corrected chi connectivity index (χ3v) is 8.22. The number of rotatable bonds is 5. The maximum Gasteiger partial charge on any atom is 0.243 e. The van der Waals surface area contributed by atoms with Crippen LogP contribution in [0.2, 0.25) is 0 Å². The molecule has 0 bridgehead atoms. The van der Waals surface area contributed by atoms with E-state index in [1.807, 2.05) is 0 Å². The van der Waals surface area contributed by atoms with Crippen LogP contribution in [0.1, 0.15) is 64.2 Å². The van der Waals surface area contributed by atoms with Crippen molar-refractivity contribution in [3.63, 3.8) is 0 Å². The summed E-state index contributed by atoms with van der Waals surface area (Å²) < 4.78 is 27.3. The van der Waals surface area contributed by atoms with E-state index in [1.54, 1.807) is 31.3 Å². The number of hydrogen-bond donors (Lipinski definition) is 2. The van der Waals surface area contributed by atoms with Crippen molar-refractivity contribution in [1.82, 2.24) is 9.62 Å². The van der Waals surface area contributed by atoms with Gasteiger partial charge in [0.15, 0.2) is 5.11 Å². The minimum Gasteiger partial charge on any atom is -0.332 e. The van der Waals surface area contributed by atoms with E-state index in [0.717, 1.165) is 51.4 Å². The lowest BCUT2D eigenvalue weighted by molar-refractivity contribution is -0.124. The Labute approximate surface area is 179 Å². The number of carbonyl (C=O) groups excluding carboxylic acids is 1. The number of amides is 1. The second-order valence-corrected chi connectivity index (χ2v) is 10.5. The Kier molecular flexibility index (Phi) is 7.65. The lowest BCUT2D eigenvalue weighted by Crippen LogP contribution is -2.39. The molecule has 2 N–H and O–H groups in total. The number of benzene rings is 1. The Bertz CT molecular complexity index is 812. The van der Waals surface area contributed by atoms with Crippen LogP contribution < -0.4 is 10.6 Å². The molecule has 3 rings (SSSR count). The molecule has 2 aliphatic rings. The summed E-state index contributed by atoms with van der Waals surface area (Å²) in [6.07, 6.45) is 10.4. The zero-order valence-electron chi connectivity index (χ0n) is 17.0. The highest BCUT2D eigenvalue weighted by molar-refractivity contribution is 7.89. The molecule has 0 aliphatic heterocycles. The summed E-state index contributed by atoms with van der Waals surface area (Å²) in [5.41, 5.74) is 0.651. The van der Waals surface area contributed by atoms with Crippen molar-refractivity contribution >= 4 is 38.9 Å². The first kappa shape index (κ1) is 22.2. The molecule has 1 aromatic carbocycles. The molecule has 0 aromatic heterocycles. The summed E-state index contributed by atoms with van der Waals surface area (Å²) in [6, 6.07) is 6.61. The van der Waals surface area contributed by atoms with E-state index in [0.29, 0.717) is 5.69 Å². The zero-order valence-corrected chi connectivity index (χ0v) is 18.7. The summed E-state index contributed by atoms with van der Waals surface area (Å²) in [4.78, 5) is 12.6. The predicted octanol–water partition coefficient (Wildman–Crippen LogP) is 4.03. The molecule has 0 heterocycles. The van der Waals surface area contributed by atoms with Crippen molar-refractivity contribution in [1.29, 1.82) is 0 Å². The Hall–Kier alpha value is -1.51. The van der Waals surface area contributed by atoms with Crippen LogP contribution in [0.5, 0.6) is 0 Å². The van der Waals surface area contributed by atoms with Gasteiger partial charge in [0.25, 0.3) is 0 Å². The van der Waals surface area contributed by atoms with E-state index in [1.165, 1.54) is 17.1 Å². The molecule has 0 spiro atoms. The number of carbonyl (C=O) groups is 1. The van der Waals surface area contributed by atoms with Crippen LogP contribution in [-0.4, -0.2) is 36.8 Å². The molecule has 0 unspecified atom stereocenters. The van der Waals surface area contributed by atoms with Crippen LogP contribution in [0.25, 0.3) is 0 Å². The first-order valence-corrected chi connectivity index (χ1v) is 12.4. The third kappa shape index (κ3) is 5.77. The van der Waals surface area contributed by atoms with Crippen LogP contribution in [0.15, 0.2) is 29.2 Å². The highest BCUT2D eigenvalue weighted by Crippen LogP contribution is 2.27. The maximum atomic E-state index is 12.9. The van der Waals surface area contributed by atoms with Gasteiger partial charge in [0.2, 0.25) is 15.9 Å². The van der Waals surface area contributed by atoms with E-state index >= 15 is 0 Å². The normalized spacial score (nSPS) is 19.1. The largest absolute Gasteiger partial charge is 0.332 e. The lowest BCUT2D eigenvalue weighted by atomic mass is 9.89. The summed E-state index contributed by atoms with van der Waals surface area (Å²) >= 11 is 5.25. The van der Waals surface area contributed by atoms with E-state index in [2.05, 4.69) is 10.6 Å². The van der Waals surface area contributed by atoms with Crippen LogP contribution in [-0.2, 0) is 14.8 Å². The monoisotopic (exact) mass is 437 g/mol. The van der Waals surface area contributed by atoms with Crippen molar-refractivity contribution in [2.24, 2.45) is 5.92 Å². The van der Waals surface area contributed by atoms with E-state index in [4.69, 9.17) is 12.2 Å². The van der Waals surface area contributed by atoms with Gasteiger partial charge in [-0.15, -0.1) is 0 Å². The van der Waals surface area contributed by atoms with Gasteiger partial charge in [-0.1, -0.05) is 38.5 Å². The van der Waals surface area contributed by atoms with Gasteiger partial charge < -0.3 is 10.6 Å². The van der Waals surface area contributed by atoms with Gasteiger partial charge in [-0.2, -0.15) is 4.31 Å². The van der Waals surface area contributed by atoms with Gasteiger partial charge in [-0.05, 0) is 62.2 Å². The van der Waals surface area contributed by atoms with E-state index in [-0.39, 0.29) is 27.9 Å². The minimum atomic E-state index is -3.51. The molecular formula is C21H31N3O3S2. The van der Waals surface area contributed by atoms with Crippen LogP contribution in [0.3, 0.4) is 0 Å². The Morgan fingerprint density at radius 3 is 2.10 bits per heavy atom. The van der Waals surface area contributed by atoms with Crippen molar-refractivity contribution in [2.45, 2.75) is 75.1 Å². The topological polar surface area (TPSA) is 78.5 Å². The molecule has 8 heteroatoms. The maximum absolute atomic E-state index is 12.9. The fraction of sp³-hybridized carbons (Fsp3) is 0.619. The van der Waals surface area contributed by atoms with Crippen molar-refractivity contribution in [2.75, 3.05) is 12.4 Å². The average Bonchev–Trinajstić information content (AvgIpc) is 2.74. The molecule has 1 amide bonds. The average molecular weight is 438 g/mol. The number of hydrogen-bond acceptors (Lipinski definition) is 4. The van der Waals surface area contributed by atoms with Gasteiger partial charge in [0, 0.05) is 24.7 Å². The Morgan fingerprint density at radius 2 is 1.52 bits per heavy atom. The number of thiocarbonyl (C=S) groups is 1. The van der Waals surface area contributed by atoms with Gasteiger partial charge in [-0.3, -0.25) is 4.79 Å². The number of nitrogens with one attached hydrogen (secondary N) is 2. The first-order chi connectivity index (χ1) is 13.9. The van der Waals surface area contributed by atoms with Crippen LogP contribution in [0.4, 0.5) is 5.69 Å². The molecule has 2 saturated carbocycles. The summed E-state index contributed by atoms with van der Waals surface area (Å²) in [6.45, 7) is 0. The molecule has 29 heavy (non-hydrogen) atoms. The molecule has 0 saturated heterocycles. The van der Waals surface area contributed by atoms with Gasteiger partial charge in [0.05, 0.1) is 4.90 Å². The first-order valence-electron chi connectivity index (χ1n) is 10.6. The minimum absolute atomic E-state index is 0.0319. The quantitative estimate of drug-likeness (QED) is 0.680. The summed E-state index contributed by atoms with van der Waals surface area (Å²) in [5, 5.41) is 5.98. The van der Waals surface area contributed by atoms with Gasteiger partial charge >= 0.3 is 0 Å². The van der Waals surface area contributed by atoms with Crippen LogP contribution >= 0.6 is 12.2 Å². The van der Waals surface area contributed by atoms with Crippen molar-refractivity contribution in [3.8, 4) is 0 Å². The van der Waals surface area contributed by atoms with E-state index < -0.39 is 10.0 Å². The second kappa shape index (κ2) is 10.00. The van der Waals surface area contributed by atoms with Crippen LogP contribution in [0, 0.1) is 5.92 Å². The fourth-order valence-electron chi connectivity index (χ4n) is 4.26. The zero-order chi connectivity index (χ0) is 20.9. The van der Waals surface area contributed by atoms with Gasteiger partial charge in [0.1, 0.15) is 0 Å². The third-order valence-electron chi connectivity index (χ3n) is 6.09. The number of nitrogens with zero attached hydrogens (tertiary/aromatic N) is 1. The van der Waals surface area contributed by atoms with Crippen molar-refractivity contribution < 1.29 is 13.2 Å². The summed E-state index contributed by atoms with van der Waals surface area (Å²) in [5.74, 6) is 0.00171. The van der Waals surface area contributed by atoms with E-state index in [9.17, 15) is 13.2 Å². The highest BCUT2D eigenvalue weighted by Gasteiger charge is 2.29. The molecule has 1 aromatic rings. The molecule has 160 valence electrons. The molecule has 0 radical (unpaired) electrons. The van der Waals surface area contributed by atoms with Gasteiger partial charge in [-0.25, -0.2) is 8.42 Å².